The molecule has 12 aromatic rings. The Morgan fingerprint density at radius 1 is 0.200 bits per heavy atom. The zero-order valence-corrected chi connectivity index (χ0v) is 48.1. The first-order chi connectivity index (χ1) is 38.5. The van der Waals surface area contributed by atoms with Crippen LogP contribution in [0.3, 0.4) is 0 Å². The summed E-state index contributed by atoms with van der Waals surface area (Å²) < 4.78 is 0. The van der Waals surface area contributed by atoms with E-state index in [4.69, 9.17) is 0 Å². The van der Waals surface area contributed by atoms with Crippen LogP contribution in [0.25, 0.3) is 54.2 Å². The smallest absolute Gasteiger partial charge is 0.0618 e. The molecule has 0 aliphatic heterocycles. The number of benzene rings is 12. The number of fused-ring (bicyclic) bond motifs is 4. The Morgan fingerprint density at radius 3 is 0.637 bits per heavy atom. The quantitative estimate of drug-likeness (QED) is 0.119. The summed E-state index contributed by atoms with van der Waals surface area (Å²) in [5.74, 6) is 0. The predicted octanol–water partition coefficient (Wildman–Crippen LogP) is 22.2. The lowest BCUT2D eigenvalue weighted by Gasteiger charge is -2.32. The minimum absolute atomic E-state index is 0.00837. The van der Waals surface area contributed by atoms with Gasteiger partial charge in [-0.3, -0.25) is 0 Å². The highest BCUT2D eigenvalue weighted by Gasteiger charge is 2.30. The summed E-state index contributed by atoms with van der Waals surface area (Å²) in [6, 6.07) is 95.4. The van der Waals surface area contributed by atoms with Gasteiger partial charge >= 0.3 is 0 Å². The van der Waals surface area contributed by atoms with E-state index in [0.29, 0.717) is 0 Å². The lowest BCUT2D eigenvalue weighted by atomic mass is 9.78. The average molecular weight is 1040 g/mol. The molecule has 0 aromatic heterocycles. The number of nitrogens with zero attached hydrogens (tertiary/aromatic N) is 2. The third-order valence-corrected chi connectivity index (χ3v) is 17.2. The van der Waals surface area contributed by atoms with Gasteiger partial charge in [-0.05, 0) is 125 Å². The van der Waals surface area contributed by atoms with Crippen LogP contribution in [0.1, 0.15) is 103 Å². The summed E-state index contributed by atoms with van der Waals surface area (Å²) >= 11 is 0. The van der Waals surface area contributed by atoms with Crippen LogP contribution >= 0.6 is 0 Å². The molecule has 0 radical (unpaired) electrons. The van der Waals surface area contributed by atoms with Crippen LogP contribution in [0.4, 0.5) is 34.1 Å². The summed E-state index contributed by atoms with van der Waals surface area (Å²) in [5, 5.41) is 9.55. The Morgan fingerprint density at radius 2 is 0.400 bits per heavy atom. The van der Waals surface area contributed by atoms with E-state index in [-0.39, 0.29) is 21.7 Å². The van der Waals surface area contributed by atoms with Crippen LogP contribution in [-0.2, 0) is 21.7 Å². The maximum absolute atomic E-state index is 2.51. The van der Waals surface area contributed by atoms with Crippen LogP contribution in [-0.4, -0.2) is 0 Å². The molecule has 0 unspecified atom stereocenters. The molecule has 12 rings (SSSR count). The van der Waals surface area contributed by atoms with E-state index >= 15 is 0 Å². The third-order valence-electron chi connectivity index (χ3n) is 17.2. The summed E-state index contributed by atoms with van der Waals surface area (Å²) in [4.78, 5) is 5.02. The van der Waals surface area contributed by atoms with E-state index in [1.165, 1.54) is 87.6 Å². The zero-order valence-electron chi connectivity index (χ0n) is 48.1. The Labute approximate surface area is 474 Å². The summed E-state index contributed by atoms with van der Waals surface area (Å²) in [5.41, 5.74) is 16.6. The van der Waals surface area contributed by atoms with Crippen molar-refractivity contribution in [2.75, 3.05) is 9.80 Å². The maximum atomic E-state index is 2.51. The first kappa shape index (κ1) is 52.0. The average Bonchev–Trinajstić information content (AvgIpc) is 3.63. The van der Waals surface area contributed by atoms with Crippen molar-refractivity contribution in [3.05, 3.63) is 288 Å². The van der Waals surface area contributed by atoms with Gasteiger partial charge in [0.05, 0.1) is 11.4 Å². The number of anilines is 6. The molecule has 0 aliphatic carbocycles. The molecule has 0 atom stereocenters. The van der Waals surface area contributed by atoms with Crippen molar-refractivity contribution in [2.45, 2.75) is 90.9 Å². The summed E-state index contributed by atoms with van der Waals surface area (Å²) in [6.07, 6.45) is 0. The second-order valence-corrected chi connectivity index (χ2v) is 25.0. The van der Waals surface area contributed by atoms with E-state index < -0.39 is 0 Å². The van der Waals surface area contributed by atoms with Gasteiger partial charge in [0.1, 0.15) is 0 Å². The highest BCUT2D eigenvalue weighted by molar-refractivity contribution is 6.30. The van der Waals surface area contributed by atoms with E-state index in [1.54, 1.807) is 0 Å². The molecule has 0 spiro atoms. The van der Waals surface area contributed by atoms with Crippen molar-refractivity contribution < 1.29 is 0 Å². The van der Waals surface area contributed by atoms with Crippen LogP contribution in [0.15, 0.2) is 255 Å². The molecule has 12 aromatic carbocycles. The van der Waals surface area contributed by atoms with E-state index in [9.17, 15) is 0 Å². The first-order valence-corrected chi connectivity index (χ1v) is 28.5. The van der Waals surface area contributed by atoms with Crippen molar-refractivity contribution in [3.63, 3.8) is 0 Å². The predicted molar refractivity (Wildman–Crippen MR) is 346 cm³/mol. The van der Waals surface area contributed by atoms with Crippen molar-refractivity contribution >= 4 is 77.2 Å². The second-order valence-electron chi connectivity index (χ2n) is 25.0. The molecule has 0 saturated heterocycles. The van der Waals surface area contributed by atoms with Gasteiger partial charge in [0.2, 0.25) is 0 Å². The Balaban J connectivity index is 1.11. The minimum atomic E-state index is -0.181. The van der Waals surface area contributed by atoms with Gasteiger partial charge in [-0.25, -0.2) is 0 Å². The van der Waals surface area contributed by atoms with E-state index in [0.717, 1.165) is 34.1 Å². The molecule has 0 amide bonds. The number of rotatable bonds is 11. The lowest BCUT2D eigenvalue weighted by molar-refractivity contribution is 0.590. The minimum Gasteiger partial charge on any atom is -0.309 e. The van der Waals surface area contributed by atoms with Crippen molar-refractivity contribution in [1.29, 1.82) is 0 Å². The molecule has 0 fully saturated rings. The molecule has 0 bridgehead atoms. The Hall–Kier alpha value is -8.72. The molecule has 394 valence electrons. The van der Waals surface area contributed by atoms with E-state index in [2.05, 4.69) is 334 Å². The molecular weight excluding hydrogens is 965 g/mol. The normalized spacial score (nSPS) is 12.4. The molecule has 0 aliphatic rings. The van der Waals surface area contributed by atoms with Crippen LogP contribution < -0.4 is 9.80 Å². The van der Waals surface area contributed by atoms with Gasteiger partial charge in [0, 0.05) is 55.1 Å². The monoisotopic (exact) mass is 1040 g/mol. The topological polar surface area (TPSA) is 6.48 Å². The van der Waals surface area contributed by atoms with Gasteiger partial charge < -0.3 is 9.80 Å². The van der Waals surface area contributed by atoms with Gasteiger partial charge in [0.25, 0.3) is 0 Å². The Kier molecular flexibility index (Phi) is 13.1. The molecular formula is C78H72N2. The van der Waals surface area contributed by atoms with Crippen molar-refractivity contribution in [1.82, 2.24) is 0 Å². The van der Waals surface area contributed by atoms with Gasteiger partial charge in [-0.15, -0.1) is 0 Å². The number of hydrogen-bond acceptors (Lipinski definition) is 2. The highest BCUT2D eigenvalue weighted by atomic mass is 15.2. The third kappa shape index (κ3) is 9.21. The fourth-order valence-electron chi connectivity index (χ4n) is 12.4. The molecule has 2 heteroatoms. The molecule has 0 saturated carbocycles. The van der Waals surface area contributed by atoms with Gasteiger partial charge in [0.15, 0.2) is 0 Å². The van der Waals surface area contributed by atoms with Crippen molar-refractivity contribution in [3.8, 4) is 11.1 Å². The maximum Gasteiger partial charge on any atom is 0.0618 e. The van der Waals surface area contributed by atoms with E-state index in [1.807, 2.05) is 0 Å². The molecule has 0 heterocycles. The first-order valence-electron chi connectivity index (χ1n) is 28.5. The SMILES string of the molecule is CC(C)(C)c1ccc(N(c2ccc(C(C)(C)c3ccccc3)cc2)c2c3ccccc3c(-c3c4ccccc4c(N(c4ccc(C(C)(C)C)cc4)c4ccc(C(C)(C)c5ccccc5)cc4)c4ccccc34)c3ccccc23)cc1. The van der Waals surface area contributed by atoms with Gasteiger partial charge in [-0.2, -0.15) is 0 Å². The standard InChI is InChI=1S/C78H72N2/c1-75(2,3)53-37-45-59(46-38-53)79(61-49-41-57(42-50-61)77(7,8)55-25-13-11-14-26-55)73-67-33-21-17-29-63(67)71(64-30-18-22-34-68(64)73)72-65-31-19-23-35-69(65)74(70-36-24-20-32-66(70)72)80(60-47-39-54(40-48-60)76(4,5)6)62-51-43-58(44-52-62)78(9,10)56-27-15-12-16-28-56/h11-52H,1-10H3. The van der Waals surface area contributed by atoms with Crippen LogP contribution in [0.2, 0.25) is 0 Å². The fraction of sp³-hybridized carbons (Fsp3) is 0.179. The molecule has 0 N–H and O–H groups in total. The molecule has 80 heavy (non-hydrogen) atoms. The summed E-state index contributed by atoms with van der Waals surface area (Å²) in [7, 11) is 0. The van der Waals surface area contributed by atoms with Gasteiger partial charge in [-0.1, -0.05) is 275 Å². The largest absolute Gasteiger partial charge is 0.309 e. The highest BCUT2D eigenvalue weighted by Crippen LogP contribution is 2.54. The lowest BCUT2D eigenvalue weighted by Crippen LogP contribution is -2.19. The van der Waals surface area contributed by atoms with Crippen LogP contribution in [0.5, 0.6) is 0 Å². The van der Waals surface area contributed by atoms with Crippen LogP contribution in [0, 0.1) is 0 Å². The zero-order chi connectivity index (χ0) is 55.6. The number of hydrogen-bond donors (Lipinski definition) is 0. The summed E-state index contributed by atoms with van der Waals surface area (Å²) in [6.45, 7) is 23.1. The Bertz CT molecular complexity index is 3800. The molecule has 2 nitrogen and oxygen atoms in total. The van der Waals surface area contributed by atoms with Crippen molar-refractivity contribution in [2.24, 2.45) is 0 Å². The fourth-order valence-corrected chi connectivity index (χ4v) is 12.4. The second kappa shape index (κ2) is 20.2.